The molecule has 2 atom stereocenters. The molecule has 3 N–H and O–H groups in total. The van der Waals surface area contributed by atoms with Gasteiger partial charge in [0.05, 0.1) is 10.7 Å². The van der Waals surface area contributed by atoms with Crippen LogP contribution >= 0.6 is 11.6 Å². The Kier molecular flexibility index (Phi) is 3.31. The maximum Gasteiger partial charge on any atom is 0.149 e. The van der Waals surface area contributed by atoms with Gasteiger partial charge in [-0.05, 0) is 38.3 Å². The zero-order valence-electron chi connectivity index (χ0n) is 10.4. The quantitative estimate of drug-likeness (QED) is 0.863. The lowest BCUT2D eigenvalue weighted by atomic mass is 9.97. The molecular formula is C13H19ClN4. The first-order chi connectivity index (χ1) is 8.72. The van der Waals surface area contributed by atoms with Crippen LogP contribution in [0.5, 0.6) is 0 Å². The minimum Gasteiger partial charge on any atom is -0.396 e. The van der Waals surface area contributed by atoms with Crippen molar-refractivity contribution in [2.75, 3.05) is 24.1 Å². The van der Waals surface area contributed by atoms with Gasteiger partial charge in [-0.1, -0.05) is 11.6 Å². The van der Waals surface area contributed by atoms with Crippen LogP contribution in [-0.2, 0) is 0 Å². The summed E-state index contributed by atoms with van der Waals surface area (Å²) in [7, 11) is 0. The number of nitrogens with two attached hydrogens (primary N) is 1. The summed E-state index contributed by atoms with van der Waals surface area (Å²) in [5, 5.41) is 4.05. The van der Waals surface area contributed by atoms with Crippen molar-refractivity contribution in [3.8, 4) is 0 Å². The van der Waals surface area contributed by atoms with Crippen LogP contribution in [0.2, 0.25) is 5.02 Å². The molecule has 0 saturated carbocycles. The smallest absolute Gasteiger partial charge is 0.149 e. The molecule has 4 nitrogen and oxygen atoms in total. The van der Waals surface area contributed by atoms with Gasteiger partial charge in [-0.3, -0.25) is 0 Å². The second-order valence-corrected chi connectivity index (χ2v) is 5.73. The van der Waals surface area contributed by atoms with E-state index >= 15 is 0 Å². The number of aromatic nitrogens is 1. The monoisotopic (exact) mass is 266 g/mol. The molecule has 2 fully saturated rings. The molecule has 18 heavy (non-hydrogen) atoms. The number of piperidine rings is 1. The second-order valence-electron chi connectivity index (χ2n) is 5.29. The number of halogens is 1. The molecule has 98 valence electrons. The van der Waals surface area contributed by atoms with E-state index in [0.717, 1.165) is 11.9 Å². The Labute approximate surface area is 113 Å². The first kappa shape index (κ1) is 12.1. The molecule has 0 amide bonds. The molecule has 1 aromatic rings. The van der Waals surface area contributed by atoms with Crippen molar-refractivity contribution in [2.24, 2.45) is 0 Å². The van der Waals surface area contributed by atoms with Crippen LogP contribution < -0.4 is 11.1 Å². The number of nitrogen functional groups attached to an aromatic ring is 1. The van der Waals surface area contributed by atoms with Gasteiger partial charge in [-0.2, -0.15) is 0 Å². The highest BCUT2D eigenvalue weighted by atomic mass is 35.5. The fourth-order valence-corrected chi connectivity index (χ4v) is 3.29. The van der Waals surface area contributed by atoms with E-state index in [0.29, 0.717) is 16.8 Å². The molecule has 1 aromatic heterocycles. The van der Waals surface area contributed by atoms with Crippen molar-refractivity contribution >= 4 is 23.1 Å². The number of hydrogen-bond donors (Lipinski definition) is 2. The summed E-state index contributed by atoms with van der Waals surface area (Å²) in [6.45, 7) is 2.47. The lowest BCUT2D eigenvalue weighted by molar-refractivity contribution is 0.188. The van der Waals surface area contributed by atoms with E-state index in [2.05, 4.69) is 15.2 Å². The van der Waals surface area contributed by atoms with Gasteiger partial charge < -0.3 is 16.0 Å². The van der Waals surface area contributed by atoms with Crippen LogP contribution in [0.3, 0.4) is 0 Å². The molecule has 0 spiro atoms. The van der Waals surface area contributed by atoms with Crippen molar-refractivity contribution in [3.63, 3.8) is 0 Å². The number of nitrogens with one attached hydrogen (secondary N) is 1. The highest BCUT2D eigenvalue weighted by Gasteiger charge is 2.31. The molecule has 0 aliphatic carbocycles. The van der Waals surface area contributed by atoms with Gasteiger partial charge in [0, 0.05) is 24.8 Å². The van der Waals surface area contributed by atoms with E-state index in [1.165, 1.54) is 38.8 Å². The average Bonchev–Trinajstić information content (AvgIpc) is 2.80. The first-order valence-electron chi connectivity index (χ1n) is 6.64. The van der Waals surface area contributed by atoms with E-state index in [9.17, 15) is 0 Å². The standard InChI is InChI=1S/C13H19ClN4/c14-9-6-12(15)13(16-8-9)17-10-3-5-18-4-1-2-11(18)7-10/h6,8,10-11H,1-5,7,15H2,(H,16,17). The van der Waals surface area contributed by atoms with E-state index in [1.54, 1.807) is 12.3 Å². The Hall–Kier alpha value is -1.00. The predicted molar refractivity (Wildman–Crippen MR) is 74.9 cm³/mol. The molecule has 5 heteroatoms. The second kappa shape index (κ2) is 4.94. The van der Waals surface area contributed by atoms with Gasteiger partial charge >= 0.3 is 0 Å². The van der Waals surface area contributed by atoms with Crippen molar-refractivity contribution < 1.29 is 0 Å². The molecule has 2 aliphatic heterocycles. The number of hydrogen-bond acceptors (Lipinski definition) is 4. The van der Waals surface area contributed by atoms with Gasteiger partial charge in [0.1, 0.15) is 5.82 Å². The Morgan fingerprint density at radius 1 is 1.39 bits per heavy atom. The van der Waals surface area contributed by atoms with Crippen molar-refractivity contribution in [3.05, 3.63) is 17.3 Å². The summed E-state index contributed by atoms with van der Waals surface area (Å²) in [4.78, 5) is 6.88. The maximum atomic E-state index is 5.93. The number of fused-ring (bicyclic) bond motifs is 1. The lowest BCUT2D eigenvalue weighted by Gasteiger charge is -2.35. The van der Waals surface area contributed by atoms with Crippen LogP contribution in [0, 0.1) is 0 Å². The Morgan fingerprint density at radius 3 is 3.11 bits per heavy atom. The van der Waals surface area contributed by atoms with E-state index in [-0.39, 0.29) is 0 Å². The van der Waals surface area contributed by atoms with Gasteiger partial charge in [0.25, 0.3) is 0 Å². The first-order valence-corrected chi connectivity index (χ1v) is 7.02. The molecule has 2 unspecified atom stereocenters. The summed E-state index contributed by atoms with van der Waals surface area (Å²) in [5.41, 5.74) is 6.56. The molecule has 2 aliphatic rings. The van der Waals surface area contributed by atoms with E-state index < -0.39 is 0 Å². The third kappa shape index (κ3) is 2.40. The summed E-state index contributed by atoms with van der Waals surface area (Å²) in [6, 6.07) is 2.99. The molecule has 0 bridgehead atoms. The Morgan fingerprint density at radius 2 is 2.28 bits per heavy atom. The number of anilines is 2. The SMILES string of the molecule is Nc1cc(Cl)cnc1NC1CCN2CCCC2C1. The average molecular weight is 267 g/mol. The molecule has 2 saturated heterocycles. The highest BCUT2D eigenvalue weighted by molar-refractivity contribution is 6.30. The largest absolute Gasteiger partial charge is 0.396 e. The van der Waals surface area contributed by atoms with Crippen LogP contribution in [0.4, 0.5) is 11.5 Å². The predicted octanol–water partition coefficient (Wildman–Crippen LogP) is 2.36. The third-order valence-electron chi connectivity index (χ3n) is 4.05. The number of nitrogens with zero attached hydrogens (tertiary/aromatic N) is 2. The van der Waals surface area contributed by atoms with Crippen LogP contribution in [-0.4, -0.2) is 35.1 Å². The number of pyridine rings is 1. The van der Waals surface area contributed by atoms with E-state index in [4.69, 9.17) is 17.3 Å². The van der Waals surface area contributed by atoms with Crippen molar-refractivity contribution in [2.45, 2.75) is 37.8 Å². The normalized spacial score (nSPS) is 28.1. The Balaban J connectivity index is 1.66. The minimum absolute atomic E-state index is 0.486. The lowest BCUT2D eigenvalue weighted by Crippen LogP contribution is -2.42. The molecule has 3 heterocycles. The summed E-state index contributed by atoms with van der Waals surface area (Å²) in [5.74, 6) is 0.774. The summed E-state index contributed by atoms with van der Waals surface area (Å²) >= 11 is 5.86. The molecule has 3 rings (SSSR count). The maximum absolute atomic E-state index is 5.93. The number of rotatable bonds is 2. The molecular weight excluding hydrogens is 248 g/mol. The van der Waals surface area contributed by atoms with Gasteiger partial charge in [-0.15, -0.1) is 0 Å². The van der Waals surface area contributed by atoms with Gasteiger partial charge in [0.15, 0.2) is 0 Å². The zero-order chi connectivity index (χ0) is 12.5. The van der Waals surface area contributed by atoms with Gasteiger partial charge in [-0.25, -0.2) is 4.98 Å². The topological polar surface area (TPSA) is 54.2 Å². The minimum atomic E-state index is 0.486. The molecule has 0 radical (unpaired) electrons. The zero-order valence-corrected chi connectivity index (χ0v) is 11.2. The highest BCUT2D eigenvalue weighted by Crippen LogP contribution is 2.29. The van der Waals surface area contributed by atoms with Crippen LogP contribution in [0.25, 0.3) is 0 Å². The molecule has 0 aromatic carbocycles. The fraction of sp³-hybridized carbons (Fsp3) is 0.615. The van der Waals surface area contributed by atoms with Gasteiger partial charge in [0.2, 0.25) is 0 Å². The summed E-state index contributed by atoms with van der Waals surface area (Å²) in [6.07, 6.45) is 6.69. The van der Waals surface area contributed by atoms with Crippen LogP contribution in [0.1, 0.15) is 25.7 Å². The Bertz CT molecular complexity index is 437. The van der Waals surface area contributed by atoms with E-state index in [1.807, 2.05) is 0 Å². The van der Waals surface area contributed by atoms with Crippen molar-refractivity contribution in [1.82, 2.24) is 9.88 Å². The van der Waals surface area contributed by atoms with Crippen LogP contribution in [0.15, 0.2) is 12.3 Å². The summed E-state index contributed by atoms with van der Waals surface area (Å²) < 4.78 is 0. The fourth-order valence-electron chi connectivity index (χ4n) is 3.12. The third-order valence-corrected chi connectivity index (χ3v) is 4.25. The van der Waals surface area contributed by atoms with Crippen molar-refractivity contribution in [1.29, 1.82) is 0 Å².